The van der Waals surface area contributed by atoms with Crippen molar-refractivity contribution < 1.29 is 14.3 Å². The molecule has 7 heteroatoms. The van der Waals surface area contributed by atoms with Crippen LogP contribution < -0.4 is 5.32 Å². The number of hydrogen-bond acceptors (Lipinski definition) is 3. The van der Waals surface area contributed by atoms with E-state index in [1.165, 1.54) is 0 Å². The maximum atomic E-state index is 12.6. The number of nitrogens with one attached hydrogen (secondary N) is 1. The Kier molecular flexibility index (Phi) is 5.00. The molecule has 1 N–H and O–H groups in total. The van der Waals surface area contributed by atoms with Gasteiger partial charge in [-0.1, -0.05) is 29.3 Å². The molecule has 1 aromatic carbocycles. The molecular weight excluding hydrogens is 327 g/mol. The van der Waals surface area contributed by atoms with Crippen LogP contribution in [0.25, 0.3) is 0 Å². The minimum absolute atomic E-state index is 0.0437. The van der Waals surface area contributed by atoms with E-state index in [1.807, 2.05) is 13.8 Å². The standard InChI is InChI=1S/C15H18Cl2N2O3/c1-9(2)22-7-6-19-13(20)15(3,18-14(19)21)10-4-5-11(16)12(17)8-10/h4-5,8-9H,6-7H2,1-3H3,(H,18,21). The van der Waals surface area contributed by atoms with Crippen molar-refractivity contribution in [2.45, 2.75) is 32.4 Å². The molecule has 1 fully saturated rings. The zero-order chi connectivity index (χ0) is 16.5. The van der Waals surface area contributed by atoms with Crippen LogP contribution >= 0.6 is 23.2 Å². The van der Waals surface area contributed by atoms with Gasteiger partial charge in [0.25, 0.3) is 5.91 Å². The molecule has 1 aliphatic rings. The van der Waals surface area contributed by atoms with Gasteiger partial charge in [-0.2, -0.15) is 0 Å². The van der Waals surface area contributed by atoms with Gasteiger partial charge in [0.1, 0.15) is 5.54 Å². The summed E-state index contributed by atoms with van der Waals surface area (Å²) in [5.74, 6) is -0.330. The summed E-state index contributed by atoms with van der Waals surface area (Å²) in [6.07, 6.45) is 0.0437. The molecule has 1 aromatic rings. The number of hydrogen-bond donors (Lipinski definition) is 1. The fraction of sp³-hybridized carbons (Fsp3) is 0.467. The maximum absolute atomic E-state index is 12.6. The van der Waals surface area contributed by atoms with Crippen LogP contribution in [0.3, 0.4) is 0 Å². The third kappa shape index (κ3) is 3.21. The summed E-state index contributed by atoms with van der Waals surface area (Å²) < 4.78 is 5.40. The monoisotopic (exact) mass is 344 g/mol. The number of amides is 3. The first kappa shape index (κ1) is 17.1. The smallest absolute Gasteiger partial charge is 0.325 e. The number of benzene rings is 1. The van der Waals surface area contributed by atoms with E-state index < -0.39 is 11.6 Å². The first-order valence-electron chi connectivity index (χ1n) is 6.97. The Morgan fingerprint density at radius 1 is 1.27 bits per heavy atom. The van der Waals surface area contributed by atoms with Crippen molar-refractivity contribution in [3.05, 3.63) is 33.8 Å². The number of halogens is 2. The minimum Gasteiger partial charge on any atom is -0.377 e. The summed E-state index contributed by atoms with van der Waals surface area (Å²) in [7, 11) is 0. The second-order valence-electron chi connectivity index (χ2n) is 5.56. The van der Waals surface area contributed by atoms with Crippen LogP contribution in [-0.2, 0) is 15.1 Å². The lowest BCUT2D eigenvalue weighted by molar-refractivity contribution is -0.131. The highest BCUT2D eigenvalue weighted by Gasteiger charge is 2.48. The van der Waals surface area contributed by atoms with Gasteiger partial charge in [0.2, 0.25) is 0 Å². The molecule has 120 valence electrons. The van der Waals surface area contributed by atoms with Gasteiger partial charge in [-0.15, -0.1) is 0 Å². The second kappa shape index (κ2) is 6.44. The summed E-state index contributed by atoms with van der Waals surface area (Å²) in [6.45, 7) is 5.95. The second-order valence-corrected chi connectivity index (χ2v) is 6.37. The lowest BCUT2D eigenvalue weighted by Crippen LogP contribution is -2.41. The first-order chi connectivity index (χ1) is 10.3. The van der Waals surface area contributed by atoms with Crippen LogP contribution in [0.4, 0.5) is 4.79 Å². The predicted octanol–water partition coefficient (Wildman–Crippen LogP) is 3.19. The van der Waals surface area contributed by atoms with Crippen LogP contribution in [0.1, 0.15) is 26.3 Å². The molecule has 0 radical (unpaired) electrons. The molecule has 0 aliphatic carbocycles. The molecule has 1 unspecified atom stereocenters. The summed E-state index contributed by atoms with van der Waals surface area (Å²) in [5, 5.41) is 3.44. The number of rotatable bonds is 5. The molecule has 22 heavy (non-hydrogen) atoms. The summed E-state index contributed by atoms with van der Waals surface area (Å²) >= 11 is 11.9. The van der Waals surface area contributed by atoms with Gasteiger partial charge >= 0.3 is 6.03 Å². The van der Waals surface area contributed by atoms with Crippen LogP contribution in [-0.4, -0.2) is 36.1 Å². The molecule has 1 heterocycles. The maximum Gasteiger partial charge on any atom is 0.325 e. The van der Waals surface area contributed by atoms with Gasteiger partial charge in [-0.3, -0.25) is 9.69 Å². The van der Waals surface area contributed by atoms with E-state index in [9.17, 15) is 9.59 Å². The summed E-state index contributed by atoms with van der Waals surface area (Å²) in [6, 6.07) is 4.44. The Morgan fingerprint density at radius 3 is 2.55 bits per heavy atom. The zero-order valence-electron chi connectivity index (χ0n) is 12.7. The van der Waals surface area contributed by atoms with Gasteiger partial charge in [0.05, 0.1) is 29.3 Å². The number of carbonyl (C=O) groups excluding carboxylic acids is 2. The first-order valence-corrected chi connectivity index (χ1v) is 7.72. The number of ether oxygens (including phenoxy) is 1. The van der Waals surface area contributed by atoms with E-state index in [-0.39, 0.29) is 18.6 Å². The third-order valence-corrected chi connectivity index (χ3v) is 4.28. The highest BCUT2D eigenvalue weighted by Crippen LogP contribution is 2.32. The normalized spacial score (nSPS) is 21.6. The fourth-order valence-corrected chi connectivity index (χ4v) is 2.58. The van der Waals surface area contributed by atoms with Crippen molar-refractivity contribution in [3.8, 4) is 0 Å². The van der Waals surface area contributed by atoms with E-state index in [4.69, 9.17) is 27.9 Å². The lowest BCUT2D eigenvalue weighted by atomic mass is 9.92. The molecule has 0 spiro atoms. The van der Waals surface area contributed by atoms with Crippen LogP contribution in [0.5, 0.6) is 0 Å². The molecule has 3 amide bonds. The minimum atomic E-state index is -1.15. The number of imide groups is 1. The van der Waals surface area contributed by atoms with Crippen molar-refractivity contribution in [3.63, 3.8) is 0 Å². The van der Waals surface area contributed by atoms with E-state index in [2.05, 4.69) is 5.32 Å². The highest BCUT2D eigenvalue weighted by molar-refractivity contribution is 6.42. The molecule has 1 saturated heterocycles. The third-order valence-electron chi connectivity index (χ3n) is 3.54. The number of carbonyl (C=O) groups is 2. The van der Waals surface area contributed by atoms with Crippen LogP contribution in [0.15, 0.2) is 18.2 Å². The molecule has 0 saturated carbocycles. The Bertz CT molecular complexity index is 606. The Balaban J connectivity index is 2.20. The van der Waals surface area contributed by atoms with Crippen molar-refractivity contribution >= 4 is 35.1 Å². The highest BCUT2D eigenvalue weighted by atomic mass is 35.5. The number of urea groups is 1. The average molecular weight is 345 g/mol. The zero-order valence-corrected chi connectivity index (χ0v) is 14.2. The van der Waals surface area contributed by atoms with Gasteiger partial charge in [-0.05, 0) is 38.5 Å². The molecule has 5 nitrogen and oxygen atoms in total. The summed E-state index contributed by atoms with van der Waals surface area (Å²) in [5.41, 5.74) is -0.559. The molecule has 2 rings (SSSR count). The van der Waals surface area contributed by atoms with Gasteiger partial charge in [0, 0.05) is 0 Å². The predicted molar refractivity (Wildman–Crippen MR) is 85.1 cm³/mol. The van der Waals surface area contributed by atoms with E-state index in [1.54, 1.807) is 25.1 Å². The Labute approximate surface area is 139 Å². The number of nitrogens with zero attached hydrogens (tertiary/aromatic N) is 1. The molecular formula is C15H18Cl2N2O3. The topological polar surface area (TPSA) is 58.6 Å². The summed E-state index contributed by atoms with van der Waals surface area (Å²) in [4.78, 5) is 25.9. The van der Waals surface area contributed by atoms with Crippen LogP contribution in [0.2, 0.25) is 10.0 Å². The van der Waals surface area contributed by atoms with Gasteiger partial charge in [0.15, 0.2) is 0 Å². The van der Waals surface area contributed by atoms with Crippen molar-refractivity contribution in [2.24, 2.45) is 0 Å². The van der Waals surface area contributed by atoms with Crippen molar-refractivity contribution in [1.82, 2.24) is 10.2 Å². The van der Waals surface area contributed by atoms with E-state index in [0.29, 0.717) is 22.2 Å². The Hall–Kier alpha value is -1.30. The van der Waals surface area contributed by atoms with Crippen molar-refractivity contribution in [2.75, 3.05) is 13.2 Å². The van der Waals surface area contributed by atoms with E-state index in [0.717, 1.165) is 4.90 Å². The molecule has 1 aliphatic heterocycles. The van der Waals surface area contributed by atoms with Crippen molar-refractivity contribution in [1.29, 1.82) is 0 Å². The Morgan fingerprint density at radius 2 is 1.95 bits per heavy atom. The largest absolute Gasteiger partial charge is 0.377 e. The molecule has 1 atom stereocenters. The fourth-order valence-electron chi connectivity index (χ4n) is 2.28. The average Bonchev–Trinajstić information content (AvgIpc) is 2.65. The van der Waals surface area contributed by atoms with Gasteiger partial charge in [-0.25, -0.2) is 4.79 Å². The van der Waals surface area contributed by atoms with Crippen LogP contribution in [0, 0.1) is 0 Å². The lowest BCUT2D eigenvalue weighted by Gasteiger charge is -2.22. The molecule has 0 aromatic heterocycles. The molecule has 0 bridgehead atoms. The SMILES string of the molecule is CC(C)OCCN1C(=O)NC(C)(c2ccc(Cl)c(Cl)c2)C1=O. The van der Waals surface area contributed by atoms with Gasteiger partial charge < -0.3 is 10.1 Å². The van der Waals surface area contributed by atoms with E-state index >= 15 is 0 Å². The quantitative estimate of drug-likeness (QED) is 0.834.